The van der Waals surface area contributed by atoms with Crippen molar-refractivity contribution in [3.8, 4) is 0 Å². The highest BCUT2D eigenvalue weighted by Gasteiger charge is 2.36. The molecule has 0 aromatic heterocycles. The van der Waals surface area contributed by atoms with E-state index >= 15 is 0 Å². The SMILES string of the molecule is CC(=O)Nc1c(C2CCC(=O)NC2=O)ccc2c1C(=O)NC2=O. The monoisotopic (exact) mass is 315 g/mol. The van der Waals surface area contributed by atoms with E-state index in [0.717, 1.165) is 0 Å². The van der Waals surface area contributed by atoms with Gasteiger partial charge in [-0.1, -0.05) is 6.07 Å². The first-order valence-corrected chi connectivity index (χ1v) is 7.02. The van der Waals surface area contributed by atoms with Crippen LogP contribution in [0.4, 0.5) is 5.69 Å². The van der Waals surface area contributed by atoms with Gasteiger partial charge >= 0.3 is 0 Å². The molecule has 1 fully saturated rings. The molecule has 2 aliphatic rings. The minimum atomic E-state index is -0.677. The van der Waals surface area contributed by atoms with Crippen molar-refractivity contribution in [3.05, 3.63) is 28.8 Å². The molecule has 5 amide bonds. The Morgan fingerprint density at radius 2 is 1.87 bits per heavy atom. The molecule has 8 heteroatoms. The van der Waals surface area contributed by atoms with Crippen LogP contribution in [0.2, 0.25) is 0 Å². The number of carbonyl (C=O) groups excluding carboxylic acids is 5. The van der Waals surface area contributed by atoms with E-state index in [0.29, 0.717) is 5.56 Å². The number of piperidine rings is 1. The summed E-state index contributed by atoms with van der Waals surface area (Å²) in [7, 11) is 0. The second-order valence-electron chi connectivity index (χ2n) is 5.42. The number of benzene rings is 1. The summed E-state index contributed by atoms with van der Waals surface area (Å²) in [4.78, 5) is 58.6. The largest absolute Gasteiger partial charge is 0.325 e. The van der Waals surface area contributed by atoms with Crippen LogP contribution < -0.4 is 16.0 Å². The summed E-state index contributed by atoms with van der Waals surface area (Å²) < 4.78 is 0. The third-order valence-corrected chi connectivity index (χ3v) is 3.85. The van der Waals surface area contributed by atoms with Crippen molar-refractivity contribution in [1.82, 2.24) is 10.6 Å². The Morgan fingerprint density at radius 3 is 2.52 bits per heavy atom. The number of anilines is 1. The first kappa shape index (κ1) is 14.9. The van der Waals surface area contributed by atoms with E-state index in [1.54, 1.807) is 0 Å². The van der Waals surface area contributed by atoms with E-state index in [9.17, 15) is 24.0 Å². The summed E-state index contributed by atoms with van der Waals surface area (Å²) in [6.07, 6.45) is 0.434. The quantitative estimate of drug-likeness (QED) is 0.666. The molecule has 3 N–H and O–H groups in total. The summed E-state index contributed by atoms with van der Waals surface area (Å²) in [5, 5.41) is 6.94. The standard InChI is InChI=1S/C15H13N3O5/c1-6(19)16-12-7(8-4-5-10(20)17-13(8)21)2-3-9-11(12)15(23)18-14(9)22/h2-3,8H,4-5H2,1H3,(H,16,19)(H,17,20,21)(H,18,22,23). The van der Waals surface area contributed by atoms with Gasteiger partial charge in [0.1, 0.15) is 0 Å². The first-order chi connectivity index (χ1) is 10.9. The molecular weight excluding hydrogens is 302 g/mol. The fraction of sp³-hybridized carbons (Fsp3) is 0.267. The Bertz CT molecular complexity index is 784. The number of imide groups is 2. The number of fused-ring (bicyclic) bond motifs is 1. The van der Waals surface area contributed by atoms with E-state index in [1.807, 2.05) is 0 Å². The van der Waals surface area contributed by atoms with Gasteiger partial charge < -0.3 is 5.32 Å². The Morgan fingerprint density at radius 1 is 1.13 bits per heavy atom. The van der Waals surface area contributed by atoms with Crippen LogP contribution in [0.15, 0.2) is 12.1 Å². The Labute approximate surface area is 130 Å². The molecular formula is C15H13N3O5. The van der Waals surface area contributed by atoms with Crippen LogP contribution in [0.1, 0.15) is 52.0 Å². The number of hydrogen-bond donors (Lipinski definition) is 3. The summed E-state index contributed by atoms with van der Waals surface area (Å²) in [6.45, 7) is 1.27. The number of carbonyl (C=O) groups is 5. The predicted octanol–water partition coefficient (Wildman–Crippen LogP) is 0.0488. The van der Waals surface area contributed by atoms with Gasteiger partial charge in [0.25, 0.3) is 11.8 Å². The molecule has 0 radical (unpaired) electrons. The van der Waals surface area contributed by atoms with E-state index in [-0.39, 0.29) is 35.6 Å². The molecule has 2 heterocycles. The highest BCUT2D eigenvalue weighted by molar-refractivity contribution is 6.25. The highest BCUT2D eigenvalue weighted by atomic mass is 16.2. The van der Waals surface area contributed by atoms with Gasteiger partial charge in [0.15, 0.2) is 0 Å². The maximum absolute atomic E-state index is 12.1. The van der Waals surface area contributed by atoms with Gasteiger partial charge in [-0.05, 0) is 18.1 Å². The summed E-state index contributed by atoms with van der Waals surface area (Å²) in [5.41, 5.74) is 0.754. The number of amides is 5. The molecule has 2 aliphatic heterocycles. The van der Waals surface area contributed by atoms with Crippen LogP contribution in [-0.4, -0.2) is 29.5 Å². The zero-order chi connectivity index (χ0) is 16.7. The molecule has 23 heavy (non-hydrogen) atoms. The molecule has 118 valence electrons. The zero-order valence-electron chi connectivity index (χ0n) is 12.2. The zero-order valence-corrected chi connectivity index (χ0v) is 12.2. The molecule has 1 aromatic rings. The van der Waals surface area contributed by atoms with Gasteiger partial charge in [-0.3, -0.25) is 34.6 Å². The van der Waals surface area contributed by atoms with Gasteiger partial charge in [-0.15, -0.1) is 0 Å². The molecule has 1 unspecified atom stereocenters. The van der Waals surface area contributed by atoms with E-state index in [4.69, 9.17) is 0 Å². The number of nitrogens with one attached hydrogen (secondary N) is 3. The van der Waals surface area contributed by atoms with E-state index in [2.05, 4.69) is 16.0 Å². The second kappa shape index (κ2) is 5.31. The summed E-state index contributed by atoms with van der Waals surface area (Å²) in [5.74, 6) is -3.13. The minimum absolute atomic E-state index is 0.0485. The third-order valence-electron chi connectivity index (χ3n) is 3.85. The fourth-order valence-electron chi connectivity index (χ4n) is 2.87. The van der Waals surface area contributed by atoms with Gasteiger partial charge in [0, 0.05) is 13.3 Å². The first-order valence-electron chi connectivity index (χ1n) is 7.02. The molecule has 0 aliphatic carbocycles. The van der Waals surface area contributed by atoms with Crippen LogP contribution in [0.5, 0.6) is 0 Å². The van der Waals surface area contributed by atoms with Crippen LogP contribution in [0.3, 0.4) is 0 Å². The van der Waals surface area contributed by atoms with E-state index < -0.39 is 29.5 Å². The molecule has 0 saturated carbocycles. The van der Waals surface area contributed by atoms with Crippen molar-refractivity contribution in [2.45, 2.75) is 25.7 Å². The highest BCUT2D eigenvalue weighted by Crippen LogP contribution is 2.36. The lowest BCUT2D eigenvalue weighted by Crippen LogP contribution is -2.39. The van der Waals surface area contributed by atoms with Crippen molar-refractivity contribution in [2.75, 3.05) is 5.32 Å². The van der Waals surface area contributed by atoms with Gasteiger partial charge in [-0.25, -0.2) is 0 Å². The molecule has 1 aromatic carbocycles. The lowest BCUT2D eigenvalue weighted by atomic mass is 9.87. The summed E-state index contributed by atoms with van der Waals surface area (Å²) in [6, 6.07) is 2.97. The van der Waals surface area contributed by atoms with Crippen molar-refractivity contribution < 1.29 is 24.0 Å². The smallest absolute Gasteiger partial charge is 0.261 e. The van der Waals surface area contributed by atoms with Gasteiger partial charge in [0.05, 0.1) is 22.7 Å². The Balaban J connectivity index is 2.14. The minimum Gasteiger partial charge on any atom is -0.325 e. The molecule has 1 atom stereocenters. The normalized spacial score (nSPS) is 20.0. The maximum atomic E-state index is 12.1. The van der Waals surface area contributed by atoms with Crippen molar-refractivity contribution in [2.24, 2.45) is 0 Å². The lowest BCUT2D eigenvalue weighted by Gasteiger charge is -2.24. The molecule has 0 bridgehead atoms. The van der Waals surface area contributed by atoms with Crippen molar-refractivity contribution >= 4 is 35.2 Å². The average molecular weight is 315 g/mol. The Hall–Kier alpha value is -3.03. The van der Waals surface area contributed by atoms with Crippen LogP contribution >= 0.6 is 0 Å². The van der Waals surface area contributed by atoms with Crippen LogP contribution in [-0.2, 0) is 14.4 Å². The summed E-state index contributed by atoms with van der Waals surface area (Å²) >= 11 is 0. The van der Waals surface area contributed by atoms with Crippen molar-refractivity contribution in [1.29, 1.82) is 0 Å². The topological polar surface area (TPSA) is 121 Å². The number of rotatable bonds is 2. The van der Waals surface area contributed by atoms with Gasteiger partial charge in [0.2, 0.25) is 17.7 Å². The maximum Gasteiger partial charge on any atom is 0.261 e. The molecule has 3 rings (SSSR count). The van der Waals surface area contributed by atoms with Crippen LogP contribution in [0.25, 0.3) is 0 Å². The molecule has 0 spiro atoms. The predicted molar refractivity (Wildman–Crippen MR) is 77.7 cm³/mol. The van der Waals surface area contributed by atoms with Gasteiger partial charge in [-0.2, -0.15) is 0 Å². The van der Waals surface area contributed by atoms with Crippen molar-refractivity contribution in [3.63, 3.8) is 0 Å². The number of hydrogen-bond acceptors (Lipinski definition) is 5. The molecule has 8 nitrogen and oxygen atoms in total. The van der Waals surface area contributed by atoms with Crippen LogP contribution in [0, 0.1) is 0 Å². The van der Waals surface area contributed by atoms with E-state index in [1.165, 1.54) is 19.1 Å². The Kier molecular flexibility index (Phi) is 3.44. The lowest BCUT2D eigenvalue weighted by molar-refractivity contribution is -0.134. The third kappa shape index (κ3) is 2.48. The molecule has 1 saturated heterocycles. The fourth-order valence-corrected chi connectivity index (χ4v) is 2.87. The second-order valence-corrected chi connectivity index (χ2v) is 5.42. The average Bonchev–Trinajstić information content (AvgIpc) is 2.75.